The average molecular weight is 428 g/mol. The Balaban J connectivity index is 1.43. The van der Waals surface area contributed by atoms with Crippen molar-refractivity contribution in [2.45, 2.75) is 81.9 Å². The van der Waals surface area contributed by atoms with E-state index in [2.05, 4.69) is 25.7 Å². The van der Waals surface area contributed by atoms with Gasteiger partial charge in [0.05, 0.1) is 0 Å². The first-order valence-electron chi connectivity index (χ1n) is 12.0. The predicted octanol–water partition coefficient (Wildman–Crippen LogP) is 5.27. The van der Waals surface area contributed by atoms with Crippen molar-refractivity contribution < 1.29 is 9.35 Å². The van der Waals surface area contributed by atoms with E-state index in [0.717, 1.165) is 30.6 Å². The van der Waals surface area contributed by atoms with Crippen molar-refractivity contribution in [2.75, 3.05) is 7.05 Å². The fraction of sp³-hybridized carbons (Fsp3) is 0.731. The van der Waals surface area contributed by atoms with Crippen LogP contribution in [0.1, 0.15) is 65.7 Å². The lowest BCUT2D eigenvalue weighted by molar-refractivity contribution is -0.164. The number of carbonyl (C=O) groups is 1. The number of fused-ring (bicyclic) bond motifs is 5. The number of hydrogen-bond acceptors (Lipinski definition) is 2. The van der Waals surface area contributed by atoms with E-state index in [4.69, 9.17) is 0 Å². The van der Waals surface area contributed by atoms with E-state index in [1.54, 1.807) is 0 Å². The average Bonchev–Trinajstić information content (AvgIpc) is 3.10. The summed E-state index contributed by atoms with van der Waals surface area (Å²) in [5.41, 5.74) is 0.571. The molecule has 1 aromatic carbocycles. The molecular formula is C26H37NO2S. The van der Waals surface area contributed by atoms with Crippen LogP contribution < -0.4 is 0 Å². The zero-order valence-corrected chi connectivity index (χ0v) is 19.8. The Bertz CT molecular complexity index is 815. The van der Waals surface area contributed by atoms with Gasteiger partial charge >= 0.3 is 0 Å². The molecule has 4 fully saturated rings. The lowest BCUT2D eigenvalue weighted by Crippen LogP contribution is -2.62. The van der Waals surface area contributed by atoms with Crippen molar-refractivity contribution in [1.29, 1.82) is 0 Å². The smallest absolute Gasteiger partial charge is 0.222 e. The number of benzene rings is 1. The molecule has 3 aliphatic carbocycles. The molecular weight excluding hydrogens is 390 g/mol. The lowest BCUT2D eigenvalue weighted by atomic mass is 9.45. The van der Waals surface area contributed by atoms with Crippen molar-refractivity contribution >= 4 is 17.1 Å². The third-order valence-electron chi connectivity index (χ3n) is 9.94. The quantitative estimate of drug-likeness (QED) is 0.603. The second-order valence-corrected chi connectivity index (χ2v) is 13.1. The molecule has 4 heteroatoms. The van der Waals surface area contributed by atoms with Crippen molar-refractivity contribution in [3.63, 3.8) is 0 Å². The van der Waals surface area contributed by atoms with Crippen LogP contribution in [0, 0.1) is 34.5 Å². The maximum absolute atomic E-state index is 13.4. The van der Waals surface area contributed by atoms with Crippen molar-refractivity contribution in [3.8, 4) is 0 Å². The Morgan fingerprint density at radius 3 is 2.57 bits per heavy atom. The van der Waals surface area contributed by atoms with Gasteiger partial charge < -0.3 is 9.45 Å². The molecule has 1 amide bonds. The minimum Gasteiger partial charge on any atom is -0.611 e. The highest BCUT2D eigenvalue weighted by molar-refractivity contribution is 7.92. The van der Waals surface area contributed by atoms with Crippen LogP contribution in [0.5, 0.6) is 0 Å². The van der Waals surface area contributed by atoms with Crippen LogP contribution in [0.3, 0.4) is 0 Å². The maximum atomic E-state index is 13.4. The zero-order chi connectivity index (χ0) is 21.3. The van der Waals surface area contributed by atoms with Crippen molar-refractivity contribution in [1.82, 2.24) is 4.90 Å². The van der Waals surface area contributed by atoms with E-state index in [9.17, 15) is 9.35 Å². The minimum absolute atomic E-state index is 0.248. The Morgan fingerprint density at radius 1 is 1.10 bits per heavy atom. The van der Waals surface area contributed by atoms with Crippen LogP contribution in [0.2, 0.25) is 0 Å². The molecule has 4 unspecified atom stereocenters. The van der Waals surface area contributed by atoms with E-state index in [1.807, 2.05) is 37.4 Å². The number of hydrogen-bond donors (Lipinski definition) is 0. The van der Waals surface area contributed by atoms with Gasteiger partial charge in [-0.25, -0.2) is 0 Å². The van der Waals surface area contributed by atoms with Crippen LogP contribution in [0.15, 0.2) is 35.2 Å². The van der Waals surface area contributed by atoms with Gasteiger partial charge in [0.2, 0.25) is 5.91 Å². The number of piperidine rings is 1. The van der Waals surface area contributed by atoms with Crippen LogP contribution in [0.25, 0.3) is 0 Å². The Labute approximate surface area is 185 Å². The molecule has 0 N–H and O–H groups in total. The summed E-state index contributed by atoms with van der Waals surface area (Å²) < 4.78 is 13.4. The second-order valence-electron chi connectivity index (χ2n) is 11.4. The molecule has 1 aromatic rings. The third kappa shape index (κ3) is 3.00. The molecule has 0 bridgehead atoms. The minimum atomic E-state index is -0.907. The van der Waals surface area contributed by atoms with Crippen LogP contribution in [-0.4, -0.2) is 33.7 Å². The Kier molecular flexibility index (Phi) is 5.06. The van der Waals surface area contributed by atoms with E-state index < -0.39 is 11.2 Å². The molecule has 1 aliphatic heterocycles. The summed E-state index contributed by atoms with van der Waals surface area (Å²) in [7, 11) is 2.04. The maximum Gasteiger partial charge on any atom is 0.222 e. The van der Waals surface area contributed by atoms with Crippen molar-refractivity contribution in [3.05, 3.63) is 30.3 Å². The molecule has 0 aromatic heterocycles. The SMILES string of the molecule is CC1CC2N(C)C(=O)CC[C@]2(C)[C@@H]2CC[C@]3(C)CC([S+]([O-])c4ccccc4)C[C@H]3[C@H]12. The largest absolute Gasteiger partial charge is 0.611 e. The first-order chi connectivity index (χ1) is 14.2. The molecule has 0 radical (unpaired) electrons. The van der Waals surface area contributed by atoms with Gasteiger partial charge in [0.1, 0.15) is 5.25 Å². The van der Waals surface area contributed by atoms with Crippen LogP contribution >= 0.6 is 0 Å². The summed E-state index contributed by atoms with van der Waals surface area (Å²) in [6, 6.07) is 10.5. The van der Waals surface area contributed by atoms with Gasteiger partial charge in [0, 0.05) is 25.9 Å². The molecule has 164 valence electrons. The normalized spacial score (nSPS) is 46.7. The van der Waals surface area contributed by atoms with E-state index in [1.165, 1.54) is 12.8 Å². The van der Waals surface area contributed by atoms with Crippen LogP contribution in [0.4, 0.5) is 0 Å². The van der Waals surface area contributed by atoms with Crippen LogP contribution in [-0.2, 0) is 16.0 Å². The standard InChI is InChI=1S/C26H37NO2S/c1-17-14-22-26(3,13-11-23(28)27(22)4)20-10-12-25(2)16-19(15-21(25)24(17)20)30(29)18-8-6-5-7-9-18/h5-9,17,19-22,24H,10-16H2,1-4H3/t17?,19?,20-,21+,22?,24-,25-,26-,30?/m1/s1. The monoisotopic (exact) mass is 427 g/mol. The predicted molar refractivity (Wildman–Crippen MR) is 121 cm³/mol. The molecule has 5 rings (SSSR count). The zero-order valence-electron chi connectivity index (χ0n) is 19.0. The molecule has 30 heavy (non-hydrogen) atoms. The first-order valence-corrected chi connectivity index (χ1v) is 13.2. The summed E-state index contributed by atoms with van der Waals surface area (Å²) >= 11 is -0.907. The number of nitrogens with zero attached hydrogens (tertiary/aromatic N) is 1. The third-order valence-corrected chi connectivity index (χ3v) is 11.6. The van der Waals surface area contributed by atoms with E-state index in [0.29, 0.717) is 47.5 Å². The van der Waals surface area contributed by atoms with Gasteiger partial charge in [-0.15, -0.1) is 0 Å². The topological polar surface area (TPSA) is 43.4 Å². The number of carbonyl (C=O) groups excluding carboxylic acids is 1. The van der Waals surface area contributed by atoms with Gasteiger partial charge in [0.25, 0.3) is 0 Å². The fourth-order valence-corrected chi connectivity index (χ4v) is 10.1. The van der Waals surface area contributed by atoms with Gasteiger partial charge in [-0.2, -0.15) is 0 Å². The summed E-state index contributed by atoms with van der Waals surface area (Å²) in [4.78, 5) is 15.5. The summed E-state index contributed by atoms with van der Waals surface area (Å²) in [5.74, 6) is 3.05. The van der Waals surface area contributed by atoms with Gasteiger partial charge in [-0.3, -0.25) is 4.79 Å². The molecule has 0 spiro atoms. The molecule has 1 saturated heterocycles. The number of rotatable bonds is 2. The van der Waals surface area contributed by atoms with Crippen molar-refractivity contribution in [2.24, 2.45) is 34.5 Å². The number of likely N-dealkylation sites (tertiary alicyclic amines) is 1. The molecule has 9 atom stereocenters. The Morgan fingerprint density at radius 2 is 1.83 bits per heavy atom. The summed E-state index contributed by atoms with van der Waals surface area (Å²) in [5, 5.41) is 0.287. The summed E-state index contributed by atoms with van der Waals surface area (Å²) in [6.07, 6.45) is 7.66. The first kappa shape index (κ1) is 20.9. The number of amides is 1. The summed E-state index contributed by atoms with van der Waals surface area (Å²) in [6.45, 7) is 7.42. The highest BCUT2D eigenvalue weighted by Crippen LogP contribution is 2.66. The highest BCUT2D eigenvalue weighted by Gasteiger charge is 2.63. The van der Waals surface area contributed by atoms with Gasteiger partial charge in [-0.05, 0) is 89.9 Å². The van der Waals surface area contributed by atoms with Gasteiger partial charge in [0.15, 0.2) is 4.90 Å². The molecule has 1 heterocycles. The van der Waals surface area contributed by atoms with Gasteiger partial charge in [-0.1, -0.05) is 39.0 Å². The highest BCUT2D eigenvalue weighted by atomic mass is 32.2. The van der Waals surface area contributed by atoms with E-state index >= 15 is 0 Å². The Hall–Kier alpha value is -1.00. The molecule has 4 aliphatic rings. The lowest BCUT2D eigenvalue weighted by Gasteiger charge is -2.63. The molecule has 3 nitrogen and oxygen atoms in total. The second kappa shape index (κ2) is 7.27. The fourth-order valence-electron chi connectivity index (χ4n) is 8.37. The van der Waals surface area contributed by atoms with E-state index in [-0.39, 0.29) is 10.7 Å². The molecule has 3 saturated carbocycles.